The fraction of sp³-hybridized carbons (Fsp3) is 0.440. The lowest BCUT2D eigenvalue weighted by atomic mass is 9.74. The van der Waals surface area contributed by atoms with Crippen LogP contribution in [0, 0.1) is 5.41 Å². The number of benzene rings is 2. The van der Waals surface area contributed by atoms with Gasteiger partial charge in [0.25, 0.3) is 0 Å². The van der Waals surface area contributed by atoms with E-state index in [1.165, 1.54) is 0 Å². The van der Waals surface area contributed by atoms with Crippen molar-refractivity contribution in [2.75, 3.05) is 26.2 Å². The molecular weight excluding hydrogens is 426 g/mol. The van der Waals surface area contributed by atoms with Crippen LogP contribution in [0.2, 0.25) is 5.02 Å². The van der Waals surface area contributed by atoms with Gasteiger partial charge in [-0.3, -0.25) is 0 Å². The van der Waals surface area contributed by atoms with E-state index < -0.39 is 5.41 Å². The van der Waals surface area contributed by atoms with Crippen molar-refractivity contribution >= 4 is 29.1 Å². The van der Waals surface area contributed by atoms with Gasteiger partial charge in [-0.1, -0.05) is 37.6 Å². The highest BCUT2D eigenvalue weighted by Gasteiger charge is 2.51. The van der Waals surface area contributed by atoms with Crippen LogP contribution in [0.25, 0.3) is 0 Å². The van der Waals surface area contributed by atoms with Crippen molar-refractivity contribution in [3.63, 3.8) is 0 Å². The molecule has 2 aliphatic heterocycles. The van der Waals surface area contributed by atoms with Crippen LogP contribution in [-0.4, -0.2) is 53.8 Å². The van der Waals surface area contributed by atoms with E-state index in [0.717, 1.165) is 43.1 Å². The Bertz CT molecular complexity index is 1020. The number of rotatable bonds is 5. The Morgan fingerprint density at radius 3 is 2.75 bits per heavy atom. The molecule has 0 radical (unpaired) electrons. The maximum Gasteiger partial charge on any atom is 0.490 e. The third-order valence-electron chi connectivity index (χ3n) is 6.61. The second-order valence-electron chi connectivity index (χ2n) is 8.20. The molecular formula is C25H31ClN3O3+. The number of ether oxygens (including phenoxy) is 2. The average molecular weight is 457 g/mol. The molecule has 0 aromatic heterocycles. The number of aliphatic imine (C=N–C) groups is 1. The molecule has 2 aliphatic rings. The Kier molecular flexibility index (Phi) is 6.72. The molecule has 32 heavy (non-hydrogen) atoms. The van der Waals surface area contributed by atoms with E-state index in [4.69, 9.17) is 26.1 Å². The summed E-state index contributed by atoms with van der Waals surface area (Å²) in [5.41, 5.74) is 1.17. The number of nitrogens with zero attached hydrogens (tertiary/aromatic N) is 2. The zero-order chi connectivity index (χ0) is 22.7. The molecule has 2 N–H and O–H groups in total. The summed E-state index contributed by atoms with van der Waals surface area (Å²) in [7, 11) is 0. The number of nitrogens with one attached hydrogen (secondary N) is 1. The zero-order valence-electron chi connectivity index (χ0n) is 18.9. The number of fused-ring (bicyclic) bond motifs is 2. The predicted molar refractivity (Wildman–Crippen MR) is 129 cm³/mol. The number of hydrogen-bond donors (Lipinski definition) is 1. The number of amidine groups is 1. The van der Waals surface area contributed by atoms with Gasteiger partial charge in [-0.25, -0.2) is 4.99 Å². The van der Waals surface area contributed by atoms with Crippen LogP contribution in [0.4, 0.5) is 5.69 Å². The number of para-hydroxylation sites is 1. The Labute approximate surface area is 194 Å². The number of hydrogen-bond acceptors (Lipinski definition) is 5. The fourth-order valence-corrected chi connectivity index (χ4v) is 4.89. The number of piperazine rings is 1. The van der Waals surface area contributed by atoms with Crippen molar-refractivity contribution in [1.82, 2.24) is 10.2 Å². The molecule has 0 saturated carbocycles. The first-order valence-electron chi connectivity index (χ1n) is 11.3. The lowest BCUT2D eigenvalue weighted by Crippen LogP contribution is -2.61. The standard InChI is InChI=1S/C25H30ClN3O3/c1-4-25(5-2,24(30)31-6-3)22-16-29(14-13-27-22)23-18-9-7-8-10-20(18)32-21-12-11-17(26)15-19(21)28-23/h7-12,15,22,27H,4-6,13-14,16H2,1-3H3/p+1. The highest BCUT2D eigenvalue weighted by molar-refractivity contribution is 6.31. The molecule has 6 nitrogen and oxygen atoms in total. The second-order valence-corrected chi connectivity index (χ2v) is 8.64. The summed E-state index contributed by atoms with van der Waals surface area (Å²) in [6, 6.07) is 13.5. The van der Waals surface area contributed by atoms with Crippen LogP contribution < -0.4 is 10.1 Å². The summed E-state index contributed by atoms with van der Waals surface area (Å²) in [6.07, 6.45) is 1.54. The summed E-state index contributed by atoms with van der Waals surface area (Å²) < 4.78 is 11.8. The van der Waals surface area contributed by atoms with Crippen molar-refractivity contribution in [2.24, 2.45) is 10.4 Å². The van der Waals surface area contributed by atoms with E-state index in [2.05, 4.69) is 24.1 Å². The van der Waals surface area contributed by atoms with Gasteiger partial charge >= 0.3 is 5.97 Å². The Morgan fingerprint density at radius 1 is 1.22 bits per heavy atom. The van der Waals surface area contributed by atoms with Gasteiger partial charge in [-0.15, -0.1) is 0 Å². The third kappa shape index (κ3) is 4.09. The largest absolute Gasteiger partial charge is 0.490 e. The van der Waals surface area contributed by atoms with E-state index in [9.17, 15) is 4.79 Å². The summed E-state index contributed by atoms with van der Waals surface area (Å²) in [6.45, 7) is 8.79. The van der Waals surface area contributed by atoms with Gasteiger partial charge in [0, 0.05) is 30.7 Å². The lowest BCUT2D eigenvalue weighted by molar-refractivity contribution is 0.130. The minimum Gasteiger partial charge on any atom is -0.454 e. The van der Waals surface area contributed by atoms with Crippen molar-refractivity contribution in [2.45, 2.75) is 39.7 Å². The molecule has 0 aliphatic carbocycles. The molecule has 1 saturated heterocycles. The molecule has 0 spiro atoms. The zero-order valence-corrected chi connectivity index (χ0v) is 19.7. The van der Waals surface area contributed by atoms with Crippen LogP contribution in [0.5, 0.6) is 11.5 Å². The summed E-state index contributed by atoms with van der Waals surface area (Å²) in [5, 5.41) is 4.25. The molecule has 4 rings (SSSR count). The van der Waals surface area contributed by atoms with Gasteiger partial charge < -0.3 is 24.5 Å². The molecule has 2 aromatic rings. The normalized spacial score (nSPS) is 18.1. The predicted octanol–water partition coefficient (Wildman–Crippen LogP) is 5.14. The maximum absolute atomic E-state index is 10.8. The van der Waals surface area contributed by atoms with Gasteiger partial charge in [0.2, 0.25) is 0 Å². The highest BCUT2D eigenvalue weighted by Crippen LogP contribution is 2.40. The van der Waals surface area contributed by atoms with Gasteiger partial charge in [0.05, 0.1) is 5.56 Å². The smallest absolute Gasteiger partial charge is 0.454 e. The topological polar surface area (TPSA) is 67.5 Å². The molecule has 7 heteroatoms. The van der Waals surface area contributed by atoms with Crippen molar-refractivity contribution in [3.8, 4) is 11.5 Å². The van der Waals surface area contributed by atoms with Gasteiger partial charge in [0.15, 0.2) is 12.4 Å². The molecule has 0 bridgehead atoms. The SMILES string of the molecule is CCOC(=[OH+])C(CC)(CC)C1CN(C2=Nc3cc(Cl)ccc3Oc3ccccc32)CCN1. The Morgan fingerprint density at radius 2 is 2.00 bits per heavy atom. The monoisotopic (exact) mass is 456 g/mol. The van der Waals surface area contributed by atoms with Crippen molar-refractivity contribution in [1.29, 1.82) is 0 Å². The van der Waals surface area contributed by atoms with Gasteiger partial charge in [-0.2, -0.15) is 0 Å². The highest BCUT2D eigenvalue weighted by atomic mass is 35.5. The lowest BCUT2D eigenvalue weighted by Gasteiger charge is -2.42. The van der Waals surface area contributed by atoms with Crippen LogP contribution in [0.15, 0.2) is 47.5 Å². The molecule has 170 valence electrons. The molecule has 2 heterocycles. The summed E-state index contributed by atoms with van der Waals surface area (Å²) in [5.74, 6) is 2.42. The minimum atomic E-state index is -0.475. The van der Waals surface area contributed by atoms with Crippen LogP contribution >= 0.6 is 11.6 Å². The van der Waals surface area contributed by atoms with E-state index in [0.29, 0.717) is 29.6 Å². The van der Waals surface area contributed by atoms with E-state index >= 15 is 0 Å². The second kappa shape index (κ2) is 9.51. The Hall–Kier alpha value is -2.57. The molecule has 1 unspecified atom stereocenters. The van der Waals surface area contributed by atoms with Gasteiger partial charge in [-0.05, 0) is 50.1 Å². The molecule has 2 aromatic carbocycles. The average Bonchev–Trinajstić information content (AvgIpc) is 2.97. The van der Waals surface area contributed by atoms with Crippen molar-refractivity contribution < 1.29 is 14.3 Å². The quantitative estimate of drug-likeness (QED) is 0.499. The Balaban J connectivity index is 1.74. The van der Waals surface area contributed by atoms with Crippen LogP contribution in [0.3, 0.4) is 0 Å². The van der Waals surface area contributed by atoms with Gasteiger partial charge in [0.1, 0.15) is 22.7 Å². The first kappa shape index (κ1) is 22.6. The van der Waals surface area contributed by atoms with Crippen LogP contribution in [0.1, 0.15) is 39.2 Å². The minimum absolute atomic E-state index is 0.00988. The fourth-order valence-electron chi connectivity index (χ4n) is 4.73. The van der Waals surface area contributed by atoms with Crippen LogP contribution in [-0.2, 0) is 4.74 Å². The molecule has 1 fully saturated rings. The first-order valence-corrected chi connectivity index (χ1v) is 11.7. The third-order valence-corrected chi connectivity index (χ3v) is 6.84. The van der Waals surface area contributed by atoms with E-state index in [-0.39, 0.29) is 12.0 Å². The molecule has 0 amide bonds. The number of carbonyl (C=O) groups excluding carboxylic acids is 1. The first-order chi connectivity index (χ1) is 15.5. The number of esters is 1. The summed E-state index contributed by atoms with van der Waals surface area (Å²) in [4.78, 5) is 18.1. The summed E-state index contributed by atoms with van der Waals surface area (Å²) >= 11 is 6.27. The molecule has 1 atom stereocenters. The van der Waals surface area contributed by atoms with E-state index in [1.54, 1.807) is 0 Å². The number of halogens is 1. The van der Waals surface area contributed by atoms with E-state index in [1.807, 2.05) is 49.4 Å². The maximum atomic E-state index is 10.8. The van der Waals surface area contributed by atoms with Crippen molar-refractivity contribution in [3.05, 3.63) is 53.1 Å².